The number of hydrogen-bond donors (Lipinski definition) is 2. The van der Waals surface area contributed by atoms with Crippen molar-refractivity contribution in [2.45, 2.75) is 44.4 Å². The van der Waals surface area contributed by atoms with Crippen molar-refractivity contribution in [3.8, 4) is 0 Å². The molecule has 0 amide bonds. The number of aliphatic hydroxyl groups excluding tert-OH is 2. The Morgan fingerprint density at radius 3 is 2.10 bits per heavy atom. The summed E-state index contributed by atoms with van der Waals surface area (Å²) < 4.78 is 6.56. The minimum Gasteiger partial charge on any atom is -0.396 e. The third-order valence-electron chi connectivity index (χ3n) is 5.74. The van der Waals surface area contributed by atoms with Crippen LogP contribution in [0.5, 0.6) is 0 Å². The molecule has 0 aliphatic heterocycles. The van der Waals surface area contributed by atoms with Crippen molar-refractivity contribution in [2.24, 2.45) is 0 Å². The van der Waals surface area contributed by atoms with Gasteiger partial charge in [0.25, 0.3) is 0 Å². The fourth-order valence-corrected chi connectivity index (χ4v) is 4.29. The first-order valence-electron chi connectivity index (χ1n) is 10.4. The van der Waals surface area contributed by atoms with E-state index in [1.54, 1.807) is 0 Å². The van der Waals surface area contributed by atoms with Crippen LogP contribution in [0.2, 0.25) is 0 Å². The third-order valence-corrected chi connectivity index (χ3v) is 5.74. The normalized spacial score (nSPS) is 13.8. The fraction of sp³-hybridized carbons (Fsp3) is 0.478. The molecule has 2 N–H and O–H groups in total. The molecule has 3 heterocycles. The first-order chi connectivity index (χ1) is 14.1. The molecule has 3 aromatic rings. The molecule has 3 aromatic heterocycles. The molecule has 0 saturated heterocycles. The van der Waals surface area contributed by atoms with Gasteiger partial charge in [-0.15, -0.1) is 0 Å². The Morgan fingerprint density at radius 2 is 1.55 bits per heavy atom. The maximum absolute atomic E-state index is 9.60. The summed E-state index contributed by atoms with van der Waals surface area (Å²) in [5.74, 6) is 0. The monoisotopic (exact) mass is 397 g/mol. The van der Waals surface area contributed by atoms with Crippen molar-refractivity contribution in [1.82, 2.24) is 18.6 Å². The molecule has 0 aromatic carbocycles. The van der Waals surface area contributed by atoms with Crippen LogP contribution < -0.4 is 0 Å². The highest BCUT2D eigenvalue weighted by Crippen LogP contribution is 2.39. The van der Waals surface area contributed by atoms with Gasteiger partial charge in [0.05, 0.1) is 12.8 Å². The van der Waals surface area contributed by atoms with Crippen LogP contribution in [0.15, 0.2) is 55.0 Å². The van der Waals surface area contributed by atoms with Gasteiger partial charge in [0.15, 0.2) is 0 Å². The molecular weight excluding hydrogens is 364 g/mol. The smallest absolute Gasteiger partial charge is 0.103 e. The van der Waals surface area contributed by atoms with Gasteiger partial charge in [-0.2, -0.15) is 0 Å². The van der Waals surface area contributed by atoms with Crippen molar-refractivity contribution >= 4 is 0 Å². The lowest BCUT2D eigenvalue weighted by Crippen LogP contribution is -2.46. The average Bonchev–Trinajstić information content (AvgIpc) is 3.46. The Labute approximate surface area is 173 Å². The van der Waals surface area contributed by atoms with Crippen LogP contribution in [0, 0.1) is 6.20 Å². The number of hydrogen-bond acceptors (Lipinski definition) is 3. The average molecular weight is 398 g/mol. The van der Waals surface area contributed by atoms with Gasteiger partial charge in [-0.3, -0.25) is 4.90 Å². The summed E-state index contributed by atoms with van der Waals surface area (Å²) in [5, 5.41) is 18.8. The van der Waals surface area contributed by atoms with Crippen LogP contribution in [0.25, 0.3) is 0 Å². The summed E-state index contributed by atoms with van der Waals surface area (Å²) in [6.07, 6.45) is 12.1. The Kier molecular flexibility index (Phi) is 7.36. The highest BCUT2D eigenvalue weighted by atomic mass is 16.3. The van der Waals surface area contributed by atoms with E-state index in [0.717, 1.165) is 32.4 Å². The summed E-state index contributed by atoms with van der Waals surface area (Å²) in [4.78, 5) is 2.29. The van der Waals surface area contributed by atoms with Crippen LogP contribution >= 0.6 is 0 Å². The standard InChI is InChI=1S/C23H33N4O2/c1-24(2)23(11-17-25-12-3-4-13-25,22-10-8-16-27(22)18-20-29)21-9-7-15-26(21)14-5-6-19-28/h3-4,7-10,12,15-16,28-29H,5-6,11,14,17-20H2,1-2H3. The third kappa shape index (κ3) is 4.50. The second-order valence-electron chi connectivity index (χ2n) is 7.66. The number of rotatable bonds is 12. The van der Waals surface area contributed by atoms with E-state index in [0.29, 0.717) is 6.54 Å². The number of aliphatic hydroxyl groups is 2. The molecule has 0 saturated carbocycles. The maximum Gasteiger partial charge on any atom is 0.103 e. The number of unbranched alkanes of at least 4 members (excludes halogenated alkanes) is 1. The minimum atomic E-state index is -0.362. The molecule has 0 aliphatic carbocycles. The summed E-state index contributed by atoms with van der Waals surface area (Å²) in [6.45, 7) is 2.59. The van der Waals surface area contributed by atoms with E-state index in [1.807, 2.05) is 24.5 Å². The zero-order chi connectivity index (χ0) is 20.7. The molecule has 1 radical (unpaired) electrons. The lowest BCUT2D eigenvalue weighted by atomic mass is 9.85. The van der Waals surface area contributed by atoms with E-state index in [9.17, 15) is 10.2 Å². The van der Waals surface area contributed by atoms with E-state index >= 15 is 0 Å². The van der Waals surface area contributed by atoms with E-state index in [-0.39, 0.29) is 18.8 Å². The number of aryl methyl sites for hydroxylation is 2. The van der Waals surface area contributed by atoms with E-state index in [4.69, 9.17) is 0 Å². The molecule has 157 valence electrons. The van der Waals surface area contributed by atoms with E-state index < -0.39 is 0 Å². The predicted octanol–water partition coefficient (Wildman–Crippen LogP) is 2.55. The molecule has 3 rings (SSSR count). The second kappa shape index (κ2) is 9.96. The molecule has 0 bridgehead atoms. The van der Waals surface area contributed by atoms with Crippen LogP contribution in [0.1, 0.15) is 30.7 Å². The largest absolute Gasteiger partial charge is 0.396 e. The van der Waals surface area contributed by atoms with Gasteiger partial charge in [-0.05, 0) is 69.8 Å². The van der Waals surface area contributed by atoms with Crippen molar-refractivity contribution in [1.29, 1.82) is 0 Å². The molecule has 0 spiro atoms. The van der Waals surface area contributed by atoms with Crippen LogP contribution in [-0.2, 0) is 25.2 Å². The van der Waals surface area contributed by atoms with Crippen LogP contribution in [-0.4, -0.2) is 56.1 Å². The summed E-state index contributed by atoms with van der Waals surface area (Å²) >= 11 is 0. The molecule has 0 fully saturated rings. The fourth-order valence-electron chi connectivity index (χ4n) is 4.29. The van der Waals surface area contributed by atoms with Crippen LogP contribution in [0.4, 0.5) is 0 Å². The molecule has 6 nitrogen and oxygen atoms in total. The van der Waals surface area contributed by atoms with Crippen molar-refractivity contribution < 1.29 is 10.2 Å². The van der Waals surface area contributed by atoms with Crippen molar-refractivity contribution in [3.05, 3.63) is 72.6 Å². The zero-order valence-electron chi connectivity index (χ0n) is 17.5. The highest BCUT2D eigenvalue weighted by molar-refractivity contribution is 5.33. The van der Waals surface area contributed by atoms with Gasteiger partial charge in [-0.25, -0.2) is 0 Å². The lowest BCUT2D eigenvalue weighted by molar-refractivity contribution is 0.153. The Balaban J connectivity index is 2.07. The maximum atomic E-state index is 9.60. The Morgan fingerprint density at radius 1 is 0.862 bits per heavy atom. The predicted molar refractivity (Wildman–Crippen MR) is 115 cm³/mol. The van der Waals surface area contributed by atoms with Crippen LogP contribution in [0.3, 0.4) is 0 Å². The molecule has 6 heteroatoms. The second-order valence-corrected chi connectivity index (χ2v) is 7.66. The summed E-state index contributed by atoms with van der Waals surface area (Å²) in [7, 11) is 4.25. The summed E-state index contributed by atoms with van der Waals surface area (Å²) in [6, 6.07) is 12.5. The number of nitrogens with zero attached hydrogens (tertiary/aromatic N) is 4. The Bertz CT molecular complexity index is 850. The molecular formula is C23H33N4O2. The quantitative estimate of drug-likeness (QED) is 0.462. The van der Waals surface area contributed by atoms with Gasteiger partial charge in [0, 0.05) is 56.2 Å². The molecule has 1 unspecified atom stereocenters. The van der Waals surface area contributed by atoms with E-state index in [1.165, 1.54) is 11.4 Å². The summed E-state index contributed by atoms with van der Waals surface area (Å²) in [5.41, 5.74) is 2.04. The zero-order valence-corrected chi connectivity index (χ0v) is 17.5. The van der Waals surface area contributed by atoms with Gasteiger partial charge >= 0.3 is 0 Å². The SMILES string of the molecule is CN(C)C(CCn1[c]ccc1)(c1cccn1CCO)c1cccn1CCCCO. The van der Waals surface area contributed by atoms with Gasteiger partial charge in [-0.1, -0.05) is 0 Å². The van der Waals surface area contributed by atoms with Gasteiger partial charge in [0.1, 0.15) is 5.54 Å². The van der Waals surface area contributed by atoms with E-state index in [2.05, 4.69) is 69.4 Å². The molecule has 0 aliphatic rings. The molecule has 29 heavy (non-hydrogen) atoms. The first kappa shape index (κ1) is 21.4. The van der Waals surface area contributed by atoms with Crippen molar-refractivity contribution in [3.63, 3.8) is 0 Å². The van der Waals surface area contributed by atoms with Gasteiger partial charge in [0.2, 0.25) is 0 Å². The first-order valence-corrected chi connectivity index (χ1v) is 10.4. The minimum absolute atomic E-state index is 0.105. The Hall–Kier alpha value is -2.28. The topological polar surface area (TPSA) is 58.5 Å². The molecule has 1 atom stereocenters. The lowest BCUT2D eigenvalue weighted by Gasteiger charge is -2.42. The van der Waals surface area contributed by atoms with Crippen molar-refractivity contribution in [2.75, 3.05) is 27.3 Å². The number of aromatic nitrogens is 3. The highest BCUT2D eigenvalue weighted by Gasteiger charge is 2.40. The van der Waals surface area contributed by atoms with Gasteiger partial charge < -0.3 is 23.9 Å².